The van der Waals surface area contributed by atoms with E-state index in [2.05, 4.69) is 36.3 Å². The Morgan fingerprint density at radius 2 is 0.944 bits per heavy atom. The van der Waals surface area contributed by atoms with E-state index in [9.17, 15) is 28.7 Å². The van der Waals surface area contributed by atoms with E-state index in [0.717, 1.165) is 38.5 Å². The molecule has 0 aromatic heterocycles. The number of hydrogen-bond acceptors (Lipinski definition) is 10. The van der Waals surface area contributed by atoms with E-state index in [1.165, 1.54) is 116 Å². The second-order valence-corrected chi connectivity index (χ2v) is 16.1. The van der Waals surface area contributed by atoms with Crippen LogP contribution in [-0.4, -0.2) is 49.0 Å². The number of esters is 2. The molecule has 0 saturated carbocycles. The average Bonchev–Trinajstić information content (AvgIpc) is 3.10. The van der Waals surface area contributed by atoms with Crippen LogP contribution in [-0.2, 0) is 32.9 Å². The first kappa shape index (κ1) is 59.2. The van der Waals surface area contributed by atoms with Crippen molar-refractivity contribution in [3.63, 3.8) is 0 Å². The monoisotopic (exact) mass is 823 g/mol. The van der Waals surface area contributed by atoms with Gasteiger partial charge < -0.3 is 33.7 Å². The maximum absolute atomic E-state index is 12.8. The van der Waals surface area contributed by atoms with E-state index in [0.29, 0.717) is 12.8 Å². The van der Waals surface area contributed by atoms with Gasteiger partial charge in [0.05, 0.1) is 20.5 Å². The fourth-order valence-electron chi connectivity index (χ4n) is 6.30. The van der Waals surface area contributed by atoms with Gasteiger partial charge in [-0.15, -0.1) is 0 Å². The fraction of sp³-hybridized carbons (Fsp3) is 0.925. The molecule has 0 aromatic carbocycles. The van der Waals surface area contributed by atoms with Crippen molar-refractivity contribution in [2.45, 2.75) is 219 Å². The van der Waals surface area contributed by atoms with Crippen molar-refractivity contribution in [2.24, 2.45) is 0 Å². The molecule has 54 heavy (non-hydrogen) atoms. The molecule has 0 aliphatic rings. The minimum absolute atomic E-state index is 0. The SMILES string of the molecule is CCCCCCCCCCCCCCCC(=O)OC[C@@H](CC(COP(=O)([O-])[O-])NC(=O)CCS)OC(=O)CCCCCCCCCCCCCCC.[Na+].[Na+]. The molecule has 0 aliphatic heterocycles. The van der Waals surface area contributed by atoms with Gasteiger partial charge in [-0.25, -0.2) is 0 Å². The van der Waals surface area contributed by atoms with Gasteiger partial charge in [-0.05, 0) is 18.6 Å². The quantitative estimate of drug-likeness (QED) is 0.0312. The van der Waals surface area contributed by atoms with E-state index >= 15 is 0 Å². The van der Waals surface area contributed by atoms with E-state index in [-0.39, 0.29) is 97.2 Å². The molecule has 14 heteroatoms. The number of phosphoric acid groups is 1. The Balaban J connectivity index is -0.0000130. The number of carbonyl (C=O) groups excluding carboxylic acids is 3. The van der Waals surface area contributed by atoms with Gasteiger partial charge in [-0.1, -0.05) is 168 Å². The summed E-state index contributed by atoms with van der Waals surface area (Å²) in [4.78, 5) is 60.0. The van der Waals surface area contributed by atoms with Crippen LogP contribution in [0.4, 0.5) is 0 Å². The predicted molar refractivity (Wildman–Crippen MR) is 210 cm³/mol. The van der Waals surface area contributed by atoms with Gasteiger partial charge in [0, 0.05) is 25.7 Å². The second kappa shape index (κ2) is 43.4. The molecule has 10 nitrogen and oxygen atoms in total. The Morgan fingerprint density at radius 3 is 1.31 bits per heavy atom. The molecule has 0 aromatic rings. The molecule has 0 radical (unpaired) electrons. The standard InChI is InChI=1S/C40H78NO9PS.2Na/c1-3-5-7-9-11-13-15-17-19-21-23-25-27-29-39(43)48-35-37(33-36(34-49-51(45,46)47)41-38(42)31-32-52)50-40(44)30-28-26-24-22-20-18-16-14-12-10-8-6-4-2;;/h36-37,52H,3-35H2,1-2H3,(H,41,42)(H2,45,46,47);;/q;2*+1/p-2/t36?,37-;;/m1../s1. The van der Waals surface area contributed by atoms with Crippen LogP contribution >= 0.6 is 20.5 Å². The van der Waals surface area contributed by atoms with Crippen LogP contribution in [0.15, 0.2) is 0 Å². The minimum Gasteiger partial charge on any atom is -0.790 e. The molecule has 0 saturated heterocycles. The van der Waals surface area contributed by atoms with Crippen LogP contribution in [0.2, 0.25) is 0 Å². The van der Waals surface area contributed by atoms with Crippen molar-refractivity contribution < 1.29 is 102 Å². The summed E-state index contributed by atoms with van der Waals surface area (Å²) in [6, 6.07) is -0.961. The summed E-state index contributed by atoms with van der Waals surface area (Å²) < 4.78 is 26.8. The first-order chi connectivity index (χ1) is 25.1. The molecular formula is C40H76NNa2O9PS. The number of ether oxygens (including phenoxy) is 2. The Kier molecular flexibility index (Phi) is 47.6. The fourth-order valence-corrected chi connectivity index (χ4v) is 6.86. The summed E-state index contributed by atoms with van der Waals surface area (Å²) >= 11 is 4.05. The van der Waals surface area contributed by atoms with Crippen LogP contribution in [0.1, 0.15) is 206 Å². The molecule has 0 spiro atoms. The van der Waals surface area contributed by atoms with Crippen molar-refractivity contribution in [1.29, 1.82) is 0 Å². The molecular weight excluding hydrogens is 747 g/mol. The summed E-state index contributed by atoms with van der Waals surface area (Å²) in [6.07, 6.45) is 30.5. The van der Waals surface area contributed by atoms with Crippen LogP contribution in [0, 0.1) is 0 Å². The Hall–Kier alpha value is 0.870. The molecule has 0 heterocycles. The summed E-state index contributed by atoms with van der Waals surface area (Å²) in [5.74, 6) is -1.03. The average molecular weight is 824 g/mol. The van der Waals surface area contributed by atoms with Crippen molar-refractivity contribution in [3.05, 3.63) is 0 Å². The maximum atomic E-state index is 12.8. The van der Waals surface area contributed by atoms with Gasteiger partial charge in [-0.2, -0.15) is 12.6 Å². The third-order valence-electron chi connectivity index (χ3n) is 9.38. The summed E-state index contributed by atoms with van der Waals surface area (Å²) in [5.41, 5.74) is 0. The van der Waals surface area contributed by atoms with Crippen LogP contribution < -0.4 is 74.2 Å². The number of amides is 1. The van der Waals surface area contributed by atoms with E-state index < -0.39 is 44.4 Å². The Bertz CT molecular complexity index is 917. The molecule has 0 aliphatic carbocycles. The summed E-state index contributed by atoms with van der Waals surface area (Å²) in [7, 11) is -5.31. The number of hydrogen-bond donors (Lipinski definition) is 2. The third-order valence-corrected chi connectivity index (χ3v) is 10.1. The number of thiol groups is 1. The first-order valence-corrected chi connectivity index (χ1v) is 23.1. The summed E-state index contributed by atoms with van der Waals surface area (Å²) in [6.45, 7) is 3.61. The van der Waals surface area contributed by atoms with Crippen molar-refractivity contribution in [1.82, 2.24) is 5.32 Å². The smallest absolute Gasteiger partial charge is 0.790 e. The first-order valence-electron chi connectivity index (χ1n) is 21.0. The molecule has 0 fully saturated rings. The third kappa shape index (κ3) is 44.0. The number of carbonyl (C=O) groups is 3. The molecule has 2 atom stereocenters. The van der Waals surface area contributed by atoms with Gasteiger partial charge >= 0.3 is 71.1 Å². The van der Waals surface area contributed by atoms with Crippen LogP contribution in [0.25, 0.3) is 0 Å². The zero-order valence-electron chi connectivity index (χ0n) is 35.1. The predicted octanol–water partition coefficient (Wildman–Crippen LogP) is 3.45. The Labute approximate surface area is 379 Å². The van der Waals surface area contributed by atoms with Gasteiger partial charge in [0.15, 0.2) is 0 Å². The van der Waals surface area contributed by atoms with E-state index in [1.54, 1.807) is 0 Å². The molecule has 308 valence electrons. The van der Waals surface area contributed by atoms with Crippen LogP contribution in [0.3, 0.4) is 0 Å². The maximum Gasteiger partial charge on any atom is 1.00 e. The van der Waals surface area contributed by atoms with Crippen molar-refractivity contribution >= 4 is 38.3 Å². The van der Waals surface area contributed by atoms with Gasteiger partial charge in [0.1, 0.15) is 12.7 Å². The Morgan fingerprint density at radius 1 is 0.574 bits per heavy atom. The second-order valence-electron chi connectivity index (χ2n) is 14.5. The molecule has 0 rings (SSSR count). The largest absolute Gasteiger partial charge is 1.00 e. The van der Waals surface area contributed by atoms with Crippen LogP contribution in [0.5, 0.6) is 0 Å². The zero-order chi connectivity index (χ0) is 38.5. The topological polar surface area (TPSA) is 154 Å². The van der Waals surface area contributed by atoms with Crippen molar-refractivity contribution in [3.8, 4) is 0 Å². The van der Waals surface area contributed by atoms with Gasteiger partial charge in [-0.3, -0.25) is 14.4 Å². The van der Waals surface area contributed by atoms with E-state index in [1.807, 2.05) is 0 Å². The zero-order valence-corrected chi connectivity index (χ0v) is 40.8. The number of rotatable bonds is 39. The number of nitrogens with one attached hydrogen (secondary N) is 1. The molecule has 0 bridgehead atoms. The van der Waals surface area contributed by atoms with Gasteiger partial charge in [0.2, 0.25) is 5.91 Å². The molecule has 1 unspecified atom stereocenters. The number of phosphoric ester groups is 1. The summed E-state index contributed by atoms with van der Waals surface area (Å²) in [5, 5.41) is 2.61. The van der Waals surface area contributed by atoms with E-state index in [4.69, 9.17) is 9.47 Å². The minimum atomic E-state index is -5.31. The van der Waals surface area contributed by atoms with Crippen molar-refractivity contribution in [2.75, 3.05) is 19.0 Å². The molecule has 1 N–H and O–H groups in total. The van der Waals surface area contributed by atoms with Gasteiger partial charge in [0.25, 0.3) is 0 Å². The molecule has 1 amide bonds. The number of unbranched alkanes of at least 4 members (excludes halogenated alkanes) is 24. The normalized spacial score (nSPS) is 12.3.